The van der Waals surface area contributed by atoms with Crippen molar-refractivity contribution in [2.75, 3.05) is 34.2 Å². The van der Waals surface area contributed by atoms with E-state index in [9.17, 15) is 9.59 Å². The number of hydrogen-bond acceptors (Lipinski definition) is 5. The van der Waals surface area contributed by atoms with Crippen LogP contribution in [0.2, 0.25) is 5.02 Å². The third-order valence-electron chi connectivity index (χ3n) is 4.83. The first-order valence-corrected chi connectivity index (χ1v) is 10.6. The summed E-state index contributed by atoms with van der Waals surface area (Å²) in [6.07, 6.45) is 6.72. The molecule has 8 nitrogen and oxygen atoms in total. The fourth-order valence-corrected chi connectivity index (χ4v) is 3.67. The second-order valence-corrected chi connectivity index (χ2v) is 8.35. The van der Waals surface area contributed by atoms with E-state index in [0.29, 0.717) is 53.9 Å². The molecule has 0 saturated heterocycles. The Morgan fingerprint density at radius 1 is 1.34 bits per heavy atom. The van der Waals surface area contributed by atoms with Crippen LogP contribution in [0.4, 0.5) is 4.39 Å². The van der Waals surface area contributed by atoms with Crippen LogP contribution in [0.15, 0.2) is 30.6 Å². The number of aromatic amines is 1. The topological polar surface area (TPSA) is 87.1 Å². The molecule has 0 unspecified atom stereocenters. The van der Waals surface area contributed by atoms with Gasteiger partial charge < -0.3 is 14.8 Å². The zero-order valence-corrected chi connectivity index (χ0v) is 19.1. The molecule has 1 aliphatic heterocycles. The summed E-state index contributed by atoms with van der Waals surface area (Å²) in [5, 5.41) is 8.38. The number of benzene rings is 1. The minimum absolute atomic E-state index is 0.0307. The van der Waals surface area contributed by atoms with Gasteiger partial charge in [0.05, 0.1) is 29.0 Å². The van der Waals surface area contributed by atoms with Crippen LogP contribution in [0.5, 0.6) is 0 Å². The van der Waals surface area contributed by atoms with Crippen molar-refractivity contribution in [1.82, 2.24) is 29.8 Å². The second-order valence-electron chi connectivity index (χ2n) is 7.94. The highest BCUT2D eigenvalue weighted by Gasteiger charge is 2.23. The summed E-state index contributed by atoms with van der Waals surface area (Å²) in [7, 11) is 6.00. The number of fused-ring (bicyclic) bond motifs is 1. The maximum Gasteiger partial charge on any atom is 0.224 e. The molecule has 0 saturated carbocycles. The molecule has 4 rings (SSSR count). The van der Waals surface area contributed by atoms with Gasteiger partial charge in [-0.3, -0.25) is 14.3 Å². The van der Waals surface area contributed by atoms with Crippen molar-refractivity contribution < 1.29 is 14.0 Å². The molecule has 1 amide bonds. The van der Waals surface area contributed by atoms with E-state index in [4.69, 9.17) is 11.6 Å². The number of carbonyl (C=O) groups is 2. The molecule has 0 spiro atoms. The molecule has 3 heterocycles. The molecule has 0 bridgehead atoms. The first kappa shape index (κ1) is 23.6. The third kappa shape index (κ3) is 5.60. The standard InChI is InChI=1S/C19H17ClFN5O2.C3H9N/c20-16-9-14(18(21)19-15(16)8-13(11-27)23-19)12-2-1-5-25(10-12)17(28)3-6-26-7-4-22-24-26;1-4(2)3/h2,4,7-9,11,23H,1,3,5-6,10H2;1-3H3. The molecular formula is C22H26ClFN6O2. The molecule has 3 aromatic rings. The second kappa shape index (κ2) is 10.5. The summed E-state index contributed by atoms with van der Waals surface area (Å²) >= 11 is 6.30. The Balaban J connectivity index is 0.000000668. The van der Waals surface area contributed by atoms with Gasteiger partial charge in [-0.05, 0) is 45.3 Å². The predicted molar refractivity (Wildman–Crippen MR) is 122 cm³/mol. The molecule has 2 aromatic heterocycles. The largest absolute Gasteiger partial charge is 0.350 e. The maximum atomic E-state index is 15.1. The highest BCUT2D eigenvalue weighted by Crippen LogP contribution is 2.33. The van der Waals surface area contributed by atoms with Crippen molar-refractivity contribution >= 4 is 40.3 Å². The van der Waals surface area contributed by atoms with Gasteiger partial charge >= 0.3 is 0 Å². The number of carbonyl (C=O) groups excluding carboxylic acids is 2. The van der Waals surface area contributed by atoms with E-state index in [-0.39, 0.29) is 23.5 Å². The van der Waals surface area contributed by atoms with Gasteiger partial charge in [0, 0.05) is 36.7 Å². The number of aldehydes is 1. The molecule has 1 N–H and O–H groups in total. The van der Waals surface area contributed by atoms with Gasteiger partial charge in [0.25, 0.3) is 0 Å². The summed E-state index contributed by atoms with van der Waals surface area (Å²) in [5.74, 6) is -0.507. The first-order valence-electron chi connectivity index (χ1n) is 10.2. The Morgan fingerprint density at radius 3 is 2.75 bits per heavy atom. The lowest BCUT2D eigenvalue weighted by molar-refractivity contribution is -0.131. The van der Waals surface area contributed by atoms with Gasteiger partial charge in [-0.25, -0.2) is 4.39 Å². The summed E-state index contributed by atoms with van der Waals surface area (Å²) in [4.78, 5) is 30.0. The molecule has 32 heavy (non-hydrogen) atoms. The Bertz CT molecular complexity index is 1120. The van der Waals surface area contributed by atoms with Crippen molar-refractivity contribution in [2.45, 2.75) is 19.4 Å². The molecule has 1 aliphatic rings. The van der Waals surface area contributed by atoms with Gasteiger partial charge in [-0.1, -0.05) is 22.9 Å². The summed E-state index contributed by atoms with van der Waals surface area (Å²) in [5.41, 5.74) is 1.49. The maximum absolute atomic E-state index is 15.1. The summed E-state index contributed by atoms with van der Waals surface area (Å²) in [6, 6.07) is 3.07. The fraction of sp³-hybridized carbons (Fsp3) is 0.364. The molecule has 0 radical (unpaired) electrons. The van der Waals surface area contributed by atoms with E-state index in [1.165, 1.54) is 6.07 Å². The fourth-order valence-electron chi connectivity index (χ4n) is 3.41. The van der Waals surface area contributed by atoms with Crippen LogP contribution in [0.25, 0.3) is 16.5 Å². The highest BCUT2D eigenvalue weighted by atomic mass is 35.5. The van der Waals surface area contributed by atoms with Crippen LogP contribution in [0.1, 0.15) is 28.9 Å². The lowest BCUT2D eigenvalue weighted by Crippen LogP contribution is -2.36. The highest BCUT2D eigenvalue weighted by molar-refractivity contribution is 6.35. The van der Waals surface area contributed by atoms with Crippen molar-refractivity contribution in [3.8, 4) is 0 Å². The van der Waals surface area contributed by atoms with Gasteiger partial charge in [-0.2, -0.15) is 0 Å². The number of halogens is 2. The number of rotatable bonds is 5. The first-order chi connectivity index (χ1) is 15.3. The van der Waals surface area contributed by atoms with Gasteiger partial charge in [0.2, 0.25) is 5.91 Å². The van der Waals surface area contributed by atoms with Crippen LogP contribution in [-0.2, 0) is 11.3 Å². The lowest BCUT2D eigenvalue weighted by Gasteiger charge is -2.28. The smallest absolute Gasteiger partial charge is 0.224 e. The van der Waals surface area contributed by atoms with E-state index in [1.807, 2.05) is 32.1 Å². The predicted octanol–water partition coefficient (Wildman–Crippen LogP) is 3.25. The van der Waals surface area contributed by atoms with Gasteiger partial charge in [0.1, 0.15) is 0 Å². The normalized spacial score (nSPS) is 13.7. The minimum Gasteiger partial charge on any atom is -0.350 e. The van der Waals surface area contributed by atoms with Crippen LogP contribution in [0.3, 0.4) is 0 Å². The van der Waals surface area contributed by atoms with Crippen molar-refractivity contribution in [1.29, 1.82) is 0 Å². The SMILES string of the molecule is CN(C)C.O=Cc1cc2c(Cl)cc(C3=CCCN(C(=O)CCn4ccnn4)C3)c(F)c2[nH]1. The molecular weight excluding hydrogens is 435 g/mol. The van der Waals surface area contributed by atoms with Crippen LogP contribution in [0, 0.1) is 5.82 Å². The number of amides is 1. The van der Waals surface area contributed by atoms with Gasteiger partial charge in [-0.15, -0.1) is 5.10 Å². The van der Waals surface area contributed by atoms with E-state index in [1.54, 1.807) is 28.0 Å². The average Bonchev–Trinajstić information content (AvgIpc) is 3.44. The molecule has 1 aromatic carbocycles. The Kier molecular flexibility index (Phi) is 7.76. The summed E-state index contributed by atoms with van der Waals surface area (Å²) in [6.45, 7) is 1.32. The third-order valence-corrected chi connectivity index (χ3v) is 5.14. The van der Waals surface area contributed by atoms with Gasteiger partial charge in [0.15, 0.2) is 12.1 Å². The Morgan fingerprint density at radius 2 is 2.09 bits per heavy atom. The number of H-pyrrole nitrogens is 1. The van der Waals surface area contributed by atoms with Crippen molar-refractivity contribution in [3.63, 3.8) is 0 Å². The van der Waals surface area contributed by atoms with Crippen LogP contribution < -0.4 is 0 Å². The lowest BCUT2D eigenvalue weighted by atomic mass is 9.99. The molecule has 0 atom stereocenters. The number of nitrogens with one attached hydrogen (secondary N) is 1. The van der Waals surface area contributed by atoms with E-state index in [0.717, 1.165) is 0 Å². The van der Waals surface area contributed by atoms with Crippen LogP contribution in [-0.4, -0.2) is 76.2 Å². The van der Waals surface area contributed by atoms with E-state index in [2.05, 4.69) is 15.3 Å². The van der Waals surface area contributed by atoms with Crippen molar-refractivity contribution in [3.05, 3.63) is 52.7 Å². The molecule has 0 aliphatic carbocycles. The number of nitrogens with zero attached hydrogens (tertiary/aromatic N) is 5. The van der Waals surface area contributed by atoms with E-state index >= 15 is 4.39 Å². The number of aromatic nitrogens is 4. The molecule has 10 heteroatoms. The van der Waals surface area contributed by atoms with Crippen LogP contribution >= 0.6 is 11.6 Å². The zero-order valence-electron chi connectivity index (χ0n) is 18.3. The average molecular weight is 461 g/mol. The van der Waals surface area contributed by atoms with E-state index < -0.39 is 5.82 Å². The monoisotopic (exact) mass is 460 g/mol. The molecule has 170 valence electrons. The minimum atomic E-state index is -0.476. The zero-order chi connectivity index (χ0) is 23.3. The Labute approximate surface area is 190 Å². The van der Waals surface area contributed by atoms with Crippen molar-refractivity contribution in [2.24, 2.45) is 0 Å². The summed E-state index contributed by atoms with van der Waals surface area (Å²) < 4.78 is 16.7. The molecule has 0 fully saturated rings. The Hall–Kier alpha value is -3.04. The number of hydrogen-bond donors (Lipinski definition) is 1. The quantitative estimate of drug-likeness (QED) is 0.590. The number of aryl methyl sites for hydroxylation is 1.